The Morgan fingerprint density at radius 3 is 2.59 bits per heavy atom. The van der Waals surface area contributed by atoms with Crippen molar-refractivity contribution in [2.45, 2.75) is 26.3 Å². The molecule has 0 aromatic heterocycles. The second-order valence-electron chi connectivity index (χ2n) is 5.74. The predicted octanol–water partition coefficient (Wildman–Crippen LogP) is 2.51. The molecule has 1 aliphatic rings. The lowest BCUT2D eigenvalue weighted by molar-refractivity contribution is -0.0370. The van der Waals surface area contributed by atoms with Gasteiger partial charge in [0.25, 0.3) is 5.91 Å². The van der Waals surface area contributed by atoms with Crippen LogP contribution >= 0.6 is 0 Å². The van der Waals surface area contributed by atoms with E-state index >= 15 is 0 Å². The van der Waals surface area contributed by atoms with E-state index in [1.165, 1.54) is 0 Å². The lowest BCUT2D eigenvalue weighted by Gasteiger charge is -2.42. The lowest BCUT2D eigenvalue weighted by Crippen LogP contribution is -2.55. The number of amides is 2. The molecule has 0 bridgehead atoms. The van der Waals surface area contributed by atoms with Crippen LogP contribution in [0.3, 0.4) is 0 Å². The first-order chi connectivity index (χ1) is 10.4. The fourth-order valence-corrected chi connectivity index (χ4v) is 2.37. The molecule has 1 heterocycles. The summed E-state index contributed by atoms with van der Waals surface area (Å²) in [4.78, 5) is 25.8. The molecular formula is C16H22N2O4. The van der Waals surface area contributed by atoms with Crippen molar-refractivity contribution in [2.75, 3.05) is 31.7 Å². The van der Waals surface area contributed by atoms with Crippen LogP contribution in [-0.2, 0) is 9.47 Å². The standard InChI is InChI=1S/C16H22N2O4/c1-4-22-15(20)17-13-7-5-12(6-8-13)14(19)18-9-10-21-11-16(18,2)3/h5-8H,4,9-11H2,1-3H3,(H,17,20). The minimum Gasteiger partial charge on any atom is -0.450 e. The van der Waals surface area contributed by atoms with Gasteiger partial charge in [0.1, 0.15) is 0 Å². The van der Waals surface area contributed by atoms with Crippen molar-refractivity contribution in [2.24, 2.45) is 0 Å². The van der Waals surface area contributed by atoms with Gasteiger partial charge >= 0.3 is 6.09 Å². The Kier molecular flexibility index (Phi) is 5.03. The van der Waals surface area contributed by atoms with Crippen LogP contribution in [0.25, 0.3) is 0 Å². The average molecular weight is 306 g/mol. The third kappa shape index (κ3) is 3.76. The number of morpholine rings is 1. The number of nitrogens with zero attached hydrogens (tertiary/aromatic N) is 1. The summed E-state index contributed by atoms with van der Waals surface area (Å²) in [5.41, 5.74) is 0.859. The Morgan fingerprint density at radius 2 is 2.00 bits per heavy atom. The SMILES string of the molecule is CCOC(=O)Nc1ccc(C(=O)N2CCOCC2(C)C)cc1. The Hall–Kier alpha value is -2.08. The van der Waals surface area contributed by atoms with Crippen molar-refractivity contribution in [3.8, 4) is 0 Å². The van der Waals surface area contributed by atoms with Gasteiger partial charge in [-0.2, -0.15) is 0 Å². The van der Waals surface area contributed by atoms with Crippen LogP contribution < -0.4 is 5.32 Å². The van der Waals surface area contributed by atoms with Gasteiger partial charge in [0.2, 0.25) is 0 Å². The lowest BCUT2D eigenvalue weighted by atomic mass is 10.0. The topological polar surface area (TPSA) is 67.9 Å². The minimum atomic E-state index is -0.504. The van der Waals surface area contributed by atoms with E-state index in [9.17, 15) is 9.59 Å². The molecule has 0 saturated carbocycles. The summed E-state index contributed by atoms with van der Waals surface area (Å²) in [6.07, 6.45) is -0.504. The maximum absolute atomic E-state index is 12.6. The van der Waals surface area contributed by atoms with Gasteiger partial charge in [-0.15, -0.1) is 0 Å². The molecule has 1 aromatic carbocycles. The van der Waals surface area contributed by atoms with Gasteiger partial charge in [0, 0.05) is 17.8 Å². The maximum atomic E-state index is 12.6. The van der Waals surface area contributed by atoms with Crippen LogP contribution in [0, 0.1) is 0 Å². The van der Waals surface area contributed by atoms with E-state index < -0.39 is 6.09 Å². The summed E-state index contributed by atoms with van der Waals surface area (Å²) in [6, 6.07) is 6.79. The molecule has 0 spiro atoms. The molecule has 22 heavy (non-hydrogen) atoms. The second-order valence-corrected chi connectivity index (χ2v) is 5.74. The first kappa shape index (κ1) is 16.3. The number of hydrogen-bond donors (Lipinski definition) is 1. The van der Waals surface area contributed by atoms with Gasteiger partial charge in [-0.1, -0.05) is 0 Å². The van der Waals surface area contributed by atoms with Crippen molar-refractivity contribution in [1.29, 1.82) is 0 Å². The van der Waals surface area contributed by atoms with Crippen LogP contribution in [0.4, 0.5) is 10.5 Å². The predicted molar refractivity (Wildman–Crippen MR) is 83.0 cm³/mol. The minimum absolute atomic E-state index is 0.0315. The molecule has 6 nitrogen and oxygen atoms in total. The molecule has 1 aliphatic heterocycles. The smallest absolute Gasteiger partial charge is 0.411 e. The van der Waals surface area contributed by atoms with Crippen molar-refractivity contribution in [3.63, 3.8) is 0 Å². The molecule has 120 valence electrons. The monoisotopic (exact) mass is 306 g/mol. The second kappa shape index (κ2) is 6.79. The normalized spacial score (nSPS) is 17.0. The maximum Gasteiger partial charge on any atom is 0.411 e. The van der Waals surface area contributed by atoms with Crippen molar-refractivity contribution >= 4 is 17.7 Å². The number of carbonyl (C=O) groups excluding carboxylic acids is 2. The van der Waals surface area contributed by atoms with E-state index in [-0.39, 0.29) is 11.4 Å². The molecule has 2 amide bonds. The molecule has 0 aliphatic carbocycles. The number of nitrogens with one attached hydrogen (secondary N) is 1. The fourth-order valence-electron chi connectivity index (χ4n) is 2.37. The summed E-state index contributed by atoms with van der Waals surface area (Å²) < 4.78 is 10.2. The zero-order valence-corrected chi connectivity index (χ0v) is 13.2. The van der Waals surface area contributed by atoms with Crippen molar-refractivity contribution in [1.82, 2.24) is 4.90 Å². The molecule has 1 fully saturated rings. The van der Waals surface area contributed by atoms with E-state index in [0.29, 0.717) is 37.6 Å². The molecule has 0 radical (unpaired) electrons. The molecule has 0 atom stereocenters. The summed E-state index contributed by atoms with van der Waals surface area (Å²) >= 11 is 0. The number of ether oxygens (including phenoxy) is 2. The van der Waals surface area contributed by atoms with Crippen LogP contribution in [-0.4, -0.2) is 48.8 Å². The van der Waals surface area contributed by atoms with Gasteiger partial charge < -0.3 is 14.4 Å². The molecule has 6 heteroatoms. The van der Waals surface area contributed by atoms with Gasteiger partial charge in [-0.3, -0.25) is 10.1 Å². The van der Waals surface area contributed by atoms with E-state index in [1.807, 2.05) is 18.7 Å². The highest BCUT2D eigenvalue weighted by Crippen LogP contribution is 2.22. The largest absolute Gasteiger partial charge is 0.450 e. The van der Waals surface area contributed by atoms with Crippen LogP contribution in [0.5, 0.6) is 0 Å². The van der Waals surface area contributed by atoms with Crippen LogP contribution in [0.2, 0.25) is 0 Å². The van der Waals surface area contributed by atoms with Crippen LogP contribution in [0.15, 0.2) is 24.3 Å². The number of carbonyl (C=O) groups is 2. The summed E-state index contributed by atoms with van der Waals surface area (Å²) in [7, 11) is 0. The van der Waals surface area contributed by atoms with E-state index in [0.717, 1.165) is 0 Å². The first-order valence-electron chi connectivity index (χ1n) is 7.37. The van der Waals surface area contributed by atoms with Gasteiger partial charge in [0.05, 0.1) is 25.4 Å². The highest BCUT2D eigenvalue weighted by molar-refractivity contribution is 5.95. The average Bonchev–Trinajstić information content (AvgIpc) is 2.47. The molecular weight excluding hydrogens is 284 g/mol. The van der Waals surface area contributed by atoms with E-state index in [1.54, 1.807) is 31.2 Å². The molecule has 1 N–H and O–H groups in total. The number of rotatable bonds is 3. The summed E-state index contributed by atoms with van der Waals surface area (Å²) in [6.45, 7) is 7.69. The Bertz CT molecular complexity index is 540. The Morgan fingerprint density at radius 1 is 1.32 bits per heavy atom. The summed E-state index contributed by atoms with van der Waals surface area (Å²) in [5.74, 6) is -0.0315. The quantitative estimate of drug-likeness (QED) is 0.931. The first-order valence-corrected chi connectivity index (χ1v) is 7.37. The highest BCUT2D eigenvalue weighted by atomic mass is 16.5. The fraction of sp³-hybridized carbons (Fsp3) is 0.500. The molecule has 2 rings (SSSR count). The Balaban J connectivity index is 2.06. The molecule has 1 saturated heterocycles. The zero-order valence-electron chi connectivity index (χ0n) is 13.2. The Labute approximate surface area is 130 Å². The zero-order chi connectivity index (χ0) is 16.2. The summed E-state index contributed by atoms with van der Waals surface area (Å²) in [5, 5.41) is 2.60. The van der Waals surface area contributed by atoms with Crippen LogP contribution in [0.1, 0.15) is 31.1 Å². The number of anilines is 1. The highest BCUT2D eigenvalue weighted by Gasteiger charge is 2.34. The van der Waals surface area contributed by atoms with Crippen molar-refractivity contribution < 1.29 is 19.1 Å². The molecule has 1 aromatic rings. The number of hydrogen-bond acceptors (Lipinski definition) is 4. The van der Waals surface area contributed by atoms with Gasteiger partial charge in [0.15, 0.2) is 0 Å². The van der Waals surface area contributed by atoms with E-state index in [4.69, 9.17) is 9.47 Å². The van der Waals surface area contributed by atoms with Crippen molar-refractivity contribution in [3.05, 3.63) is 29.8 Å². The number of benzene rings is 1. The van der Waals surface area contributed by atoms with Gasteiger partial charge in [-0.25, -0.2) is 4.79 Å². The van der Waals surface area contributed by atoms with Gasteiger partial charge in [-0.05, 0) is 45.0 Å². The molecule has 0 unspecified atom stereocenters. The third-order valence-electron chi connectivity index (χ3n) is 3.54. The third-order valence-corrected chi connectivity index (χ3v) is 3.54. The van der Waals surface area contributed by atoms with E-state index in [2.05, 4.69) is 5.32 Å².